The number of carboxylic acids is 1. The molecule has 0 spiro atoms. The molecule has 0 aliphatic heterocycles. The molecular weight excluding hydrogens is 2170 g/mol. The number of H-pyrrole nitrogens is 2. The number of alkyl halides is 27. The van der Waals surface area contributed by atoms with Gasteiger partial charge in [-0.25, -0.2) is 53.9 Å². The van der Waals surface area contributed by atoms with Gasteiger partial charge in [-0.1, -0.05) is 75.7 Å². The molecule has 0 bridgehead atoms. The number of aromatic nitrogens is 8. The summed E-state index contributed by atoms with van der Waals surface area (Å²) in [6.07, 6.45) is -43.6. The first-order chi connectivity index (χ1) is 66.1. The van der Waals surface area contributed by atoms with E-state index in [-0.39, 0.29) is 112 Å². The topological polar surface area (TPSA) is 468 Å². The molecule has 0 aliphatic rings. The molecule has 31 nitrogen and oxygen atoms in total. The number of aromatic carboxylic acids is 1. The van der Waals surface area contributed by atoms with E-state index in [2.05, 4.69) is 69.4 Å². The number of Topliss-reactive ketones (excluding diaryl/α,β-unsaturated/α-hetero) is 1. The lowest BCUT2D eigenvalue weighted by atomic mass is 10.1. The second-order valence-corrected chi connectivity index (χ2v) is 28.5. The molecule has 0 fully saturated rings. The number of nitrogens with two attached hydrogens (primary N) is 1. The largest absolute Gasteiger partial charge is 0.478 e. The van der Waals surface area contributed by atoms with Gasteiger partial charge in [0.05, 0.1) is 80.7 Å². The third-order valence-corrected chi connectivity index (χ3v) is 17.1. The molecule has 0 radical (unpaired) electrons. The van der Waals surface area contributed by atoms with Gasteiger partial charge in [-0.15, -0.1) is 0 Å². The maximum absolute atomic E-state index is 12.5. The van der Waals surface area contributed by atoms with Gasteiger partial charge in [-0.3, -0.25) is 33.6 Å². The van der Waals surface area contributed by atoms with Gasteiger partial charge in [-0.2, -0.15) is 119 Å². The summed E-state index contributed by atoms with van der Waals surface area (Å²) >= 11 is 32.5. The van der Waals surface area contributed by atoms with Crippen LogP contribution in [0, 0.1) is 34.6 Å². The van der Waals surface area contributed by atoms with Gasteiger partial charge >= 0.3 is 97.4 Å². The Morgan fingerprint density at radius 2 is 0.724 bits per heavy atom. The van der Waals surface area contributed by atoms with E-state index in [1.165, 1.54) is 75.4 Å². The molecule has 2 amide bonds. The predicted molar refractivity (Wildman–Crippen MR) is 452 cm³/mol. The summed E-state index contributed by atoms with van der Waals surface area (Å²) in [6.45, 7) is 15.0. The van der Waals surface area contributed by atoms with Crippen molar-refractivity contribution in [2.45, 2.75) is 158 Å². The number of hydrogen-bond acceptors (Lipinski definition) is 26. The Kier molecular flexibility index (Phi) is 54.9. The number of amides is 2. The number of aryl methyl sites for hydroxylation is 5. The number of hydrogen-bond donors (Lipinski definition) is 7. The van der Waals surface area contributed by atoms with E-state index in [4.69, 9.17) is 84.9 Å². The maximum Gasteiger partial charge on any atom is 0.450 e. The van der Waals surface area contributed by atoms with E-state index in [1.54, 1.807) is 23.8 Å². The highest BCUT2D eigenvalue weighted by molar-refractivity contribution is 6.34. The predicted octanol–water partition coefficient (Wildman–Crippen LogP) is 20.1. The average molecular weight is 2250 g/mol. The number of primary amides is 1. The fourth-order valence-electron chi connectivity index (χ4n) is 9.47. The van der Waals surface area contributed by atoms with Crippen molar-refractivity contribution in [1.82, 2.24) is 45.2 Å². The molecule has 0 saturated heterocycles. The first kappa shape index (κ1) is 135. The first-order valence-electron chi connectivity index (χ1n) is 38.7. The fraction of sp³-hybridized carbons (Fsp3) is 0.383. The second-order valence-electron chi connectivity index (χ2n) is 26.3. The molecule has 8 aromatic heterocycles. The lowest BCUT2D eigenvalue weighted by Crippen LogP contribution is -2.26. The number of carboxylic acid groups (broad SMARTS) is 1. The number of esters is 6. The summed E-state index contributed by atoms with van der Waals surface area (Å²) in [5, 5.41) is 25.8. The number of ether oxygens (including phenoxy) is 6. The average Bonchev–Trinajstić information content (AvgIpc) is 0.815. The number of aliphatic hydroxyl groups is 2. The van der Waals surface area contributed by atoms with Crippen LogP contribution >= 0.6 is 69.6 Å². The summed E-state index contributed by atoms with van der Waals surface area (Å²) < 4.78 is 357. The Morgan fingerprint density at radius 1 is 0.379 bits per heavy atom. The van der Waals surface area contributed by atoms with E-state index >= 15 is 0 Å². The summed E-state index contributed by atoms with van der Waals surface area (Å²) in [4.78, 5) is 152. The maximum atomic E-state index is 12.5. The highest BCUT2D eigenvalue weighted by atomic mass is 35.5. The number of nitrogens with one attached hydrogen (secondary N) is 3. The highest BCUT2D eigenvalue weighted by Gasteiger charge is 2.44. The molecule has 64 heteroatoms. The van der Waals surface area contributed by atoms with Crippen molar-refractivity contribution >= 4 is 129 Å². The summed E-state index contributed by atoms with van der Waals surface area (Å²) in [7, 11) is 1.36. The van der Waals surface area contributed by atoms with Crippen LogP contribution < -0.4 is 22.2 Å². The summed E-state index contributed by atoms with van der Waals surface area (Å²) in [5.41, 5.74) is -8.93. The minimum Gasteiger partial charge on any atom is -0.478 e. The van der Waals surface area contributed by atoms with E-state index in [0.29, 0.717) is 12.1 Å². The minimum absolute atomic E-state index is 0.0151. The zero-order chi connectivity index (χ0) is 113. The molecule has 8 rings (SSSR count). The highest BCUT2D eigenvalue weighted by Crippen LogP contribution is 2.39. The monoisotopic (exact) mass is 2250 g/mol. The molecular formula is C81H75Cl6F27N10O21. The van der Waals surface area contributed by atoms with Gasteiger partial charge in [0.15, 0.2) is 11.4 Å². The van der Waals surface area contributed by atoms with E-state index in [0.717, 1.165) is 48.5 Å². The SMILES string of the molecule is CCOC(=O)CC(=O)C(F)(F)F.CCOC(=O)CC(N)=O.CCOC(=O)c1c(C)cc(C(F)(F)F)[nH]c1=O.CCOC(=O)c1c(C)cc(C(F)(F)F)nc1Cl.CCOC(=O)c1ccc(=O)[nH]c1C(F)(F)F.CCOC(=O)c1ccc(Cl)nc1C(F)(F)F.CNC(=O)c1c(C)cc(C(F)(F)F)nc1Cl.Cc1cc(C(F)(F)F)nc(Cl)c1C(=O)O.Cc1cc(C(F)(F)F)nc(Cl)c1CO.OCc1ccc(Cl)nc1C(F)(F)F. The summed E-state index contributed by atoms with van der Waals surface area (Å²) in [6, 6.07) is 9.72. The smallest absolute Gasteiger partial charge is 0.450 e. The van der Waals surface area contributed by atoms with Crippen molar-refractivity contribution in [3.63, 3.8) is 0 Å². The number of halogens is 33. The molecule has 0 saturated carbocycles. The molecule has 8 aromatic rings. The van der Waals surface area contributed by atoms with E-state index in [1.807, 2.05) is 0 Å². The second kappa shape index (κ2) is 59.2. The van der Waals surface area contributed by atoms with Gasteiger partial charge in [0.25, 0.3) is 11.5 Å². The molecule has 0 aliphatic carbocycles. The lowest BCUT2D eigenvalue weighted by Gasteiger charge is -2.11. The van der Waals surface area contributed by atoms with Crippen LogP contribution in [0.5, 0.6) is 0 Å². The molecule has 8 heterocycles. The standard InChI is InChI=1S/C10H9ClF3NO2.C10H10F3NO3.C9H8ClF3N2O.C9H7ClF3NO2.C9H8F3NO3.C8H5ClF3NO2.C8H7ClF3NO.C7H5ClF3NO.C6H7F3O3.C5H9NO3/c1-3-17-9(16)7-5(2)4-6(10(12,13)14)15-8(7)11;1-3-17-9(16)7-5(2)4-6(10(11,12)13)14-8(7)15;1-4-3-5(9(11,12)13)15-7(10)6(4)8(16)14-2;1-2-16-8(15)5-3-4-6(10)14-7(5)9(11,12)13;1-2-16-8(15)5-3-4-6(14)13-7(5)9(10,11)12;1-3-2-4(8(10,11)12)13-6(9)5(3)7(14)15;1-4-2-6(8(10,11)12)13-7(9)5(4)3-14;8-5-2-1-4(3-13)6(12-5)7(9,10)11;1-2-12-5(11)3-4(10)6(7,8)9;1-2-9-5(8)3-4(6)7/h4H,3H2,1-2H3;4H,3H2,1-2H3,(H,14,15);3H,1-2H3,(H,14,16);3-4H,2H2,1H3;3-4H,2H2,1H3,(H,13,14);2H,1H3,(H,14,15);2,14H,3H2,1H3;1-2,13H,3H2;2-3H2,1H3;2-3H2,1H3,(H2,6,7). The number of aromatic amines is 2. The van der Waals surface area contributed by atoms with Crippen molar-refractivity contribution in [3.05, 3.63) is 236 Å². The van der Waals surface area contributed by atoms with Crippen LogP contribution in [0.3, 0.4) is 0 Å². The van der Waals surface area contributed by atoms with Crippen LogP contribution in [0.4, 0.5) is 119 Å². The Labute approximate surface area is 827 Å². The molecule has 8 N–H and O–H groups in total. The Hall–Kier alpha value is -12.5. The quantitative estimate of drug-likeness (QED) is 0.0138. The van der Waals surface area contributed by atoms with Crippen LogP contribution in [0.15, 0.2) is 76.3 Å². The van der Waals surface area contributed by atoms with Gasteiger partial charge in [0.1, 0.15) is 83.5 Å². The fourth-order valence-corrected chi connectivity index (χ4v) is 11.0. The molecule has 0 unspecified atom stereocenters. The van der Waals surface area contributed by atoms with Gasteiger partial charge in [-0.05, 0) is 159 Å². The minimum atomic E-state index is -4.95. The van der Waals surface area contributed by atoms with Gasteiger partial charge < -0.3 is 64.8 Å². The van der Waals surface area contributed by atoms with E-state index in [9.17, 15) is 176 Å². The van der Waals surface area contributed by atoms with Crippen LogP contribution in [0.25, 0.3) is 0 Å². The number of ketones is 1. The van der Waals surface area contributed by atoms with Crippen LogP contribution in [0.1, 0.15) is 201 Å². The Bertz CT molecular complexity index is 5830. The normalized spacial score (nSPS) is 11.2. The molecule has 806 valence electrons. The number of rotatable bonds is 18. The van der Waals surface area contributed by atoms with Crippen molar-refractivity contribution in [2.24, 2.45) is 5.73 Å². The first-order valence-corrected chi connectivity index (χ1v) is 41.0. The van der Waals surface area contributed by atoms with Crippen LogP contribution in [-0.4, -0.2) is 167 Å². The molecule has 0 aromatic carbocycles. The summed E-state index contributed by atoms with van der Waals surface area (Å²) in [5.74, 6) is -10.3. The lowest BCUT2D eigenvalue weighted by molar-refractivity contribution is -0.174. The number of pyridine rings is 8. The van der Waals surface area contributed by atoms with Gasteiger partial charge in [0, 0.05) is 24.2 Å². The van der Waals surface area contributed by atoms with Crippen LogP contribution in [-0.2, 0) is 110 Å². The van der Waals surface area contributed by atoms with Crippen molar-refractivity contribution in [1.29, 1.82) is 0 Å². The van der Waals surface area contributed by atoms with Crippen LogP contribution in [0.2, 0.25) is 30.9 Å². The van der Waals surface area contributed by atoms with Crippen molar-refractivity contribution < 1.29 is 210 Å². The zero-order valence-electron chi connectivity index (χ0n) is 75.3. The zero-order valence-corrected chi connectivity index (χ0v) is 79.9. The third kappa shape index (κ3) is 47.0. The number of aliphatic hydroxyl groups excluding tert-OH is 2. The Morgan fingerprint density at radius 3 is 1.06 bits per heavy atom. The third-order valence-electron chi connectivity index (χ3n) is 15.6. The van der Waals surface area contributed by atoms with Crippen molar-refractivity contribution in [3.8, 4) is 0 Å². The number of nitrogens with zero attached hydrogens (tertiary/aromatic N) is 6. The molecule has 145 heavy (non-hydrogen) atoms. The number of carbonyl (C=O) groups excluding carboxylic acids is 9. The molecule has 0 atom stereocenters. The Balaban J connectivity index is 0. The van der Waals surface area contributed by atoms with Crippen molar-refractivity contribution in [2.75, 3.05) is 46.7 Å². The van der Waals surface area contributed by atoms with E-state index < -0.39 is 229 Å². The van der Waals surface area contributed by atoms with Gasteiger partial charge in [0.2, 0.25) is 17.2 Å². The number of carbonyl (C=O) groups is 10.